The molecule has 2 rings (SSSR count). The summed E-state index contributed by atoms with van der Waals surface area (Å²) in [6, 6.07) is 4.63. The Morgan fingerprint density at radius 2 is 2.15 bits per heavy atom. The van der Waals surface area contributed by atoms with Crippen LogP contribution in [-0.2, 0) is 23.6 Å². The molecule has 6 nitrogen and oxygen atoms in total. The standard InChI is InChI=1S/C12H15BrN4O2S/c1-16-7-9(6-15-16)8-17(2)20(18,19)12-4-3-10(14)5-11(12)13/h3-7H,8,14H2,1-2H3. The molecular formula is C12H15BrN4O2S. The fourth-order valence-electron chi connectivity index (χ4n) is 1.79. The molecule has 0 aliphatic heterocycles. The Balaban J connectivity index is 2.29. The topological polar surface area (TPSA) is 81.2 Å². The van der Waals surface area contributed by atoms with Gasteiger partial charge in [0.05, 0.1) is 11.1 Å². The molecule has 1 aromatic carbocycles. The van der Waals surface area contributed by atoms with Gasteiger partial charge in [-0.2, -0.15) is 9.40 Å². The third-order valence-electron chi connectivity index (χ3n) is 2.81. The molecule has 0 saturated carbocycles. The molecule has 108 valence electrons. The molecule has 0 unspecified atom stereocenters. The van der Waals surface area contributed by atoms with Crippen molar-refractivity contribution in [2.45, 2.75) is 11.4 Å². The maximum Gasteiger partial charge on any atom is 0.244 e. The highest BCUT2D eigenvalue weighted by atomic mass is 79.9. The summed E-state index contributed by atoms with van der Waals surface area (Å²) in [7, 11) is -0.262. The van der Waals surface area contributed by atoms with Gasteiger partial charge in [0, 0.05) is 42.6 Å². The number of hydrogen-bond acceptors (Lipinski definition) is 4. The van der Waals surface area contributed by atoms with Crippen LogP contribution in [0.4, 0.5) is 5.69 Å². The zero-order chi connectivity index (χ0) is 14.9. The van der Waals surface area contributed by atoms with E-state index in [1.807, 2.05) is 0 Å². The van der Waals surface area contributed by atoms with Gasteiger partial charge >= 0.3 is 0 Å². The maximum atomic E-state index is 12.5. The van der Waals surface area contributed by atoms with Gasteiger partial charge in [-0.25, -0.2) is 8.42 Å². The molecule has 0 aliphatic carbocycles. The molecular weight excluding hydrogens is 344 g/mol. The van der Waals surface area contributed by atoms with Crippen molar-refractivity contribution < 1.29 is 8.42 Å². The fraction of sp³-hybridized carbons (Fsp3) is 0.250. The van der Waals surface area contributed by atoms with E-state index in [4.69, 9.17) is 5.73 Å². The fourth-order valence-corrected chi connectivity index (χ4v) is 4.00. The van der Waals surface area contributed by atoms with E-state index in [1.54, 1.807) is 36.3 Å². The first kappa shape index (κ1) is 15.0. The van der Waals surface area contributed by atoms with E-state index in [0.29, 0.717) is 10.2 Å². The monoisotopic (exact) mass is 358 g/mol. The zero-order valence-electron chi connectivity index (χ0n) is 11.1. The van der Waals surface area contributed by atoms with Crippen LogP contribution in [0.5, 0.6) is 0 Å². The molecule has 0 saturated heterocycles. The summed E-state index contributed by atoms with van der Waals surface area (Å²) in [6.07, 6.45) is 3.42. The van der Waals surface area contributed by atoms with Crippen molar-refractivity contribution in [1.29, 1.82) is 0 Å². The summed E-state index contributed by atoms with van der Waals surface area (Å²) in [5.74, 6) is 0. The molecule has 0 fully saturated rings. The van der Waals surface area contributed by atoms with Crippen LogP contribution in [0.25, 0.3) is 0 Å². The third kappa shape index (κ3) is 3.02. The van der Waals surface area contributed by atoms with Crippen molar-refractivity contribution in [3.05, 3.63) is 40.6 Å². The van der Waals surface area contributed by atoms with Gasteiger partial charge in [-0.05, 0) is 34.1 Å². The van der Waals surface area contributed by atoms with Crippen molar-refractivity contribution in [3.8, 4) is 0 Å². The largest absolute Gasteiger partial charge is 0.399 e. The number of hydrogen-bond donors (Lipinski definition) is 1. The number of aromatic nitrogens is 2. The molecule has 8 heteroatoms. The average molecular weight is 359 g/mol. The molecule has 0 amide bonds. The van der Waals surface area contributed by atoms with Gasteiger partial charge in [-0.1, -0.05) is 0 Å². The van der Waals surface area contributed by atoms with E-state index in [9.17, 15) is 8.42 Å². The van der Waals surface area contributed by atoms with Gasteiger partial charge in [-0.3, -0.25) is 4.68 Å². The van der Waals surface area contributed by atoms with E-state index in [-0.39, 0.29) is 11.4 Å². The minimum absolute atomic E-state index is 0.193. The lowest BCUT2D eigenvalue weighted by molar-refractivity contribution is 0.466. The Bertz CT molecular complexity index is 727. The lowest BCUT2D eigenvalue weighted by atomic mass is 10.3. The number of sulfonamides is 1. The number of nitrogen functional groups attached to an aromatic ring is 1. The van der Waals surface area contributed by atoms with Crippen LogP contribution in [-0.4, -0.2) is 29.6 Å². The molecule has 0 bridgehead atoms. The molecule has 0 spiro atoms. The van der Waals surface area contributed by atoms with Crippen molar-refractivity contribution in [2.24, 2.45) is 7.05 Å². The average Bonchev–Trinajstić information content (AvgIpc) is 2.74. The van der Waals surface area contributed by atoms with E-state index < -0.39 is 10.0 Å². The van der Waals surface area contributed by atoms with Crippen LogP contribution in [0.3, 0.4) is 0 Å². The number of benzene rings is 1. The maximum absolute atomic E-state index is 12.5. The molecule has 0 aliphatic rings. The van der Waals surface area contributed by atoms with Crippen LogP contribution in [0, 0.1) is 0 Å². The third-order valence-corrected chi connectivity index (χ3v) is 5.59. The van der Waals surface area contributed by atoms with Crippen molar-refractivity contribution >= 4 is 31.6 Å². The highest BCUT2D eigenvalue weighted by Crippen LogP contribution is 2.27. The van der Waals surface area contributed by atoms with E-state index in [1.165, 1.54) is 17.4 Å². The lowest BCUT2D eigenvalue weighted by Gasteiger charge is -2.17. The number of anilines is 1. The number of nitrogens with two attached hydrogens (primary N) is 1. The van der Waals surface area contributed by atoms with Crippen molar-refractivity contribution in [1.82, 2.24) is 14.1 Å². The second-order valence-corrected chi connectivity index (χ2v) is 7.34. The summed E-state index contributed by atoms with van der Waals surface area (Å²) < 4.78 is 28.4. The summed E-state index contributed by atoms with van der Waals surface area (Å²) in [4.78, 5) is 0.193. The minimum Gasteiger partial charge on any atom is -0.399 e. The molecule has 2 N–H and O–H groups in total. The highest BCUT2D eigenvalue weighted by Gasteiger charge is 2.23. The predicted molar refractivity (Wildman–Crippen MR) is 80.4 cm³/mol. The molecule has 0 radical (unpaired) electrons. The number of rotatable bonds is 4. The number of nitrogens with zero attached hydrogens (tertiary/aromatic N) is 3. The van der Waals surface area contributed by atoms with Gasteiger partial charge in [-0.15, -0.1) is 0 Å². The van der Waals surface area contributed by atoms with Gasteiger partial charge < -0.3 is 5.73 Å². The van der Waals surface area contributed by atoms with Crippen LogP contribution in [0.1, 0.15) is 5.56 Å². The Kier molecular flexibility index (Phi) is 4.17. The van der Waals surface area contributed by atoms with Crippen LogP contribution < -0.4 is 5.73 Å². The van der Waals surface area contributed by atoms with Gasteiger partial charge in [0.2, 0.25) is 10.0 Å². The van der Waals surface area contributed by atoms with E-state index in [2.05, 4.69) is 21.0 Å². The first-order valence-corrected chi connectivity index (χ1v) is 8.03. The Morgan fingerprint density at radius 3 is 2.70 bits per heavy atom. The minimum atomic E-state index is -3.58. The summed E-state index contributed by atoms with van der Waals surface area (Å²) in [6.45, 7) is 0.257. The summed E-state index contributed by atoms with van der Waals surface area (Å²) in [5.41, 5.74) is 6.95. The quantitative estimate of drug-likeness (QED) is 0.841. The number of aryl methyl sites for hydroxylation is 1. The second-order valence-electron chi connectivity index (χ2n) is 4.47. The zero-order valence-corrected chi connectivity index (χ0v) is 13.5. The van der Waals surface area contributed by atoms with E-state index in [0.717, 1.165) is 5.56 Å². The normalized spacial score (nSPS) is 12.0. The summed E-state index contributed by atoms with van der Waals surface area (Å²) >= 11 is 3.24. The predicted octanol–water partition coefficient (Wildman–Crippen LogP) is 1.59. The number of halogens is 1. The van der Waals surface area contributed by atoms with Gasteiger partial charge in [0.15, 0.2) is 0 Å². The molecule has 1 heterocycles. The van der Waals surface area contributed by atoms with E-state index >= 15 is 0 Å². The molecule has 2 aromatic rings. The Labute approximate surface area is 126 Å². The Hall–Kier alpha value is -1.38. The van der Waals surface area contributed by atoms with Gasteiger partial charge in [0.25, 0.3) is 0 Å². The van der Waals surface area contributed by atoms with Crippen LogP contribution in [0.15, 0.2) is 40.0 Å². The summed E-state index contributed by atoms with van der Waals surface area (Å²) in [5, 5.41) is 4.02. The van der Waals surface area contributed by atoms with Crippen molar-refractivity contribution in [2.75, 3.05) is 12.8 Å². The first-order valence-electron chi connectivity index (χ1n) is 5.79. The molecule has 1 aromatic heterocycles. The molecule has 20 heavy (non-hydrogen) atoms. The van der Waals surface area contributed by atoms with Crippen LogP contribution >= 0.6 is 15.9 Å². The van der Waals surface area contributed by atoms with Gasteiger partial charge in [0.1, 0.15) is 0 Å². The van der Waals surface area contributed by atoms with Crippen LogP contribution in [0.2, 0.25) is 0 Å². The van der Waals surface area contributed by atoms with Crippen molar-refractivity contribution in [3.63, 3.8) is 0 Å². The smallest absolute Gasteiger partial charge is 0.244 e. The second kappa shape index (κ2) is 5.55. The SMILES string of the molecule is CN(Cc1cnn(C)c1)S(=O)(=O)c1ccc(N)cc1Br. The highest BCUT2D eigenvalue weighted by molar-refractivity contribution is 9.10. The Morgan fingerprint density at radius 1 is 1.45 bits per heavy atom. The lowest BCUT2D eigenvalue weighted by Crippen LogP contribution is -2.26. The molecule has 0 atom stereocenters. The first-order chi connectivity index (χ1) is 9.30.